The number of nitrogens with zero attached hydrogens (tertiary/aromatic N) is 2. The van der Waals surface area contributed by atoms with Gasteiger partial charge < -0.3 is 0 Å². The predicted molar refractivity (Wildman–Crippen MR) is 74.1 cm³/mol. The summed E-state index contributed by atoms with van der Waals surface area (Å²) in [6.45, 7) is 4.44. The van der Waals surface area contributed by atoms with E-state index in [0.29, 0.717) is 5.92 Å². The first kappa shape index (κ1) is 13.1. The van der Waals surface area contributed by atoms with Crippen LogP contribution in [0, 0.1) is 5.92 Å². The van der Waals surface area contributed by atoms with Crippen molar-refractivity contribution in [1.29, 1.82) is 0 Å². The van der Waals surface area contributed by atoms with E-state index in [1.54, 1.807) is 6.20 Å². The minimum absolute atomic E-state index is 0.0305. The highest BCUT2D eigenvalue weighted by atomic mass is 32.1. The number of rotatable bonds is 5. The predicted octanol–water partition coefficient (Wildman–Crippen LogP) is 2.29. The third-order valence-electron chi connectivity index (χ3n) is 2.76. The minimum atomic E-state index is -0.0305. The van der Waals surface area contributed by atoms with Crippen LogP contribution in [0.5, 0.6) is 0 Å². The monoisotopic (exact) mass is 262 g/mol. The summed E-state index contributed by atoms with van der Waals surface area (Å²) in [5, 5.41) is 3.86. The molecule has 0 aliphatic heterocycles. The Morgan fingerprint density at radius 3 is 2.83 bits per heavy atom. The van der Waals surface area contributed by atoms with Gasteiger partial charge in [-0.15, -0.1) is 5.10 Å². The van der Waals surface area contributed by atoms with Crippen LogP contribution in [0.3, 0.4) is 0 Å². The van der Waals surface area contributed by atoms with Crippen molar-refractivity contribution < 1.29 is 0 Å². The molecule has 0 saturated heterocycles. The molecule has 1 unspecified atom stereocenters. The summed E-state index contributed by atoms with van der Waals surface area (Å²) >= 11 is 1.37. The molecular weight excluding hydrogens is 244 g/mol. The van der Waals surface area contributed by atoms with Gasteiger partial charge in [0.1, 0.15) is 0 Å². The van der Waals surface area contributed by atoms with Gasteiger partial charge in [-0.25, -0.2) is 5.43 Å². The van der Waals surface area contributed by atoms with Gasteiger partial charge in [0.2, 0.25) is 0 Å². The zero-order valence-corrected chi connectivity index (χ0v) is 11.4. The number of aromatic nitrogens is 2. The first-order valence-corrected chi connectivity index (χ1v) is 6.80. The Kier molecular flexibility index (Phi) is 4.41. The fraction of sp³-hybridized carbons (Fsp3) is 0.385. The molecule has 1 aromatic carbocycles. The van der Waals surface area contributed by atoms with Crippen LogP contribution in [0.1, 0.15) is 35.9 Å². The fourth-order valence-electron chi connectivity index (χ4n) is 2.02. The van der Waals surface area contributed by atoms with E-state index in [1.807, 2.05) is 0 Å². The highest BCUT2D eigenvalue weighted by Gasteiger charge is 2.15. The van der Waals surface area contributed by atoms with E-state index < -0.39 is 0 Å². The zero-order valence-electron chi connectivity index (χ0n) is 10.6. The molecule has 0 saturated carbocycles. The Balaban J connectivity index is 2.26. The lowest BCUT2D eigenvalue weighted by atomic mass is 9.98. The van der Waals surface area contributed by atoms with Gasteiger partial charge in [0.15, 0.2) is 0 Å². The maximum Gasteiger partial charge on any atom is 0.0834 e. The van der Waals surface area contributed by atoms with Gasteiger partial charge in [0, 0.05) is 0 Å². The van der Waals surface area contributed by atoms with Crippen LogP contribution in [-0.4, -0.2) is 9.59 Å². The molecule has 0 radical (unpaired) electrons. The van der Waals surface area contributed by atoms with Crippen molar-refractivity contribution in [2.75, 3.05) is 0 Å². The Morgan fingerprint density at radius 2 is 2.22 bits per heavy atom. The van der Waals surface area contributed by atoms with Crippen LogP contribution in [0.2, 0.25) is 0 Å². The molecule has 2 aromatic rings. The number of hydrazine groups is 1. The van der Waals surface area contributed by atoms with Gasteiger partial charge in [0.05, 0.1) is 17.1 Å². The van der Waals surface area contributed by atoms with Gasteiger partial charge in [-0.05, 0) is 35.0 Å². The number of benzene rings is 1. The lowest BCUT2D eigenvalue weighted by molar-refractivity contribution is 0.633. The molecule has 0 aliphatic carbocycles. The van der Waals surface area contributed by atoms with Crippen LogP contribution in [0.15, 0.2) is 30.5 Å². The highest BCUT2D eigenvalue weighted by Crippen LogP contribution is 2.24. The summed E-state index contributed by atoms with van der Waals surface area (Å²) < 4.78 is 3.88. The number of hydrogen-bond acceptors (Lipinski definition) is 5. The molecule has 0 spiro atoms. The van der Waals surface area contributed by atoms with Gasteiger partial charge >= 0.3 is 0 Å². The van der Waals surface area contributed by atoms with E-state index in [-0.39, 0.29) is 6.04 Å². The van der Waals surface area contributed by atoms with Crippen molar-refractivity contribution in [3.05, 3.63) is 46.5 Å². The molecule has 3 N–H and O–H groups in total. The Hall–Kier alpha value is -1.30. The van der Waals surface area contributed by atoms with Crippen LogP contribution in [-0.2, 0) is 6.42 Å². The van der Waals surface area contributed by atoms with Crippen molar-refractivity contribution in [1.82, 2.24) is 15.0 Å². The van der Waals surface area contributed by atoms with Crippen molar-refractivity contribution >= 4 is 11.5 Å². The third kappa shape index (κ3) is 3.13. The number of hydrogen-bond donors (Lipinski definition) is 2. The van der Waals surface area contributed by atoms with Gasteiger partial charge in [-0.2, -0.15) is 0 Å². The first-order valence-electron chi connectivity index (χ1n) is 6.03. The summed E-state index contributed by atoms with van der Waals surface area (Å²) in [6, 6.07) is 8.48. The van der Waals surface area contributed by atoms with Gasteiger partial charge in [-0.1, -0.05) is 42.6 Å². The highest BCUT2D eigenvalue weighted by molar-refractivity contribution is 7.05. The van der Waals surface area contributed by atoms with E-state index in [4.69, 9.17) is 5.84 Å². The molecule has 18 heavy (non-hydrogen) atoms. The standard InChI is InChI=1S/C13H18N4S/c1-9(2)6-10-4-3-5-11(7-10)13(16-14)12-8-15-17-18-12/h3-5,7-9,13,16H,6,14H2,1-2H3. The topological polar surface area (TPSA) is 63.8 Å². The molecule has 0 aliphatic rings. The average Bonchev–Trinajstić information content (AvgIpc) is 2.83. The van der Waals surface area contributed by atoms with E-state index in [0.717, 1.165) is 16.9 Å². The van der Waals surface area contributed by atoms with E-state index in [2.05, 4.69) is 53.1 Å². The molecular formula is C13H18N4S. The lowest BCUT2D eigenvalue weighted by Crippen LogP contribution is -2.28. The quantitative estimate of drug-likeness (QED) is 0.641. The van der Waals surface area contributed by atoms with E-state index >= 15 is 0 Å². The second-order valence-electron chi connectivity index (χ2n) is 4.76. The van der Waals surface area contributed by atoms with Crippen molar-refractivity contribution in [2.24, 2.45) is 11.8 Å². The Morgan fingerprint density at radius 1 is 1.39 bits per heavy atom. The van der Waals surface area contributed by atoms with Crippen molar-refractivity contribution in [3.8, 4) is 0 Å². The van der Waals surface area contributed by atoms with Crippen molar-refractivity contribution in [2.45, 2.75) is 26.3 Å². The molecule has 1 heterocycles. The minimum Gasteiger partial charge on any atom is -0.271 e. The van der Waals surface area contributed by atoms with Gasteiger partial charge in [-0.3, -0.25) is 5.84 Å². The van der Waals surface area contributed by atoms with Crippen LogP contribution in [0.4, 0.5) is 0 Å². The summed E-state index contributed by atoms with van der Waals surface area (Å²) in [5.41, 5.74) is 5.32. The molecule has 2 rings (SSSR count). The molecule has 4 nitrogen and oxygen atoms in total. The summed E-state index contributed by atoms with van der Waals surface area (Å²) in [7, 11) is 0. The smallest absolute Gasteiger partial charge is 0.0834 e. The summed E-state index contributed by atoms with van der Waals surface area (Å²) in [6.07, 6.45) is 2.83. The molecule has 0 fully saturated rings. The fourth-order valence-corrected chi connectivity index (χ4v) is 2.61. The SMILES string of the molecule is CC(C)Cc1cccc(C(NN)c2cnns2)c1. The normalized spacial score (nSPS) is 12.9. The average molecular weight is 262 g/mol. The third-order valence-corrected chi connectivity index (χ3v) is 3.49. The first-order chi connectivity index (χ1) is 8.70. The molecule has 96 valence electrons. The summed E-state index contributed by atoms with van der Waals surface area (Å²) in [4.78, 5) is 1.03. The molecule has 0 amide bonds. The summed E-state index contributed by atoms with van der Waals surface area (Å²) in [5.74, 6) is 6.30. The Bertz CT molecular complexity index is 481. The number of nitrogens with one attached hydrogen (secondary N) is 1. The van der Waals surface area contributed by atoms with E-state index in [1.165, 1.54) is 17.1 Å². The lowest BCUT2D eigenvalue weighted by Gasteiger charge is -2.15. The molecule has 0 bridgehead atoms. The Labute approximate surface area is 111 Å². The molecule has 1 atom stereocenters. The molecule has 5 heteroatoms. The largest absolute Gasteiger partial charge is 0.271 e. The van der Waals surface area contributed by atoms with Crippen LogP contribution < -0.4 is 11.3 Å². The van der Waals surface area contributed by atoms with Crippen molar-refractivity contribution in [3.63, 3.8) is 0 Å². The zero-order chi connectivity index (χ0) is 13.0. The van der Waals surface area contributed by atoms with Crippen LogP contribution in [0.25, 0.3) is 0 Å². The maximum atomic E-state index is 5.65. The molecule has 1 aromatic heterocycles. The maximum absolute atomic E-state index is 5.65. The number of nitrogens with two attached hydrogens (primary N) is 1. The van der Waals surface area contributed by atoms with Gasteiger partial charge in [0.25, 0.3) is 0 Å². The second-order valence-corrected chi connectivity index (χ2v) is 5.58. The van der Waals surface area contributed by atoms with Crippen LogP contribution >= 0.6 is 11.5 Å². The van der Waals surface area contributed by atoms with E-state index in [9.17, 15) is 0 Å². The second kappa shape index (κ2) is 6.04.